The molecule has 2 N–H and O–H groups in total. The highest BCUT2D eigenvalue weighted by atomic mass is 16.5. The summed E-state index contributed by atoms with van der Waals surface area (Å²) in [6, 6.07) is 8.28. The van der Waals surface area contributed by atoms with E-state index in [9.17, 15) is 0 Å². The fraction of sp³-hybridized carbons (Fsp3) is 0.375. The smallest absolute Gasteiger partial charge is 0.204 e. The van der Waals surface area contributed by atoms with E-state index in [1.807, 2.05) is 12.1 Å². The molecule has 0 fully saturated rings. The Morgan fingerprint density at radius 1 is 1.10 bits per heavy atom. The van der Waals surface area contributed by atoms with Crippen LogP contribution >= 0.6 is 0 Å². The molecule has 0 aliphatic rings. The number of benzene rings is 1. The van der Waals surface area contributed by atoms with E-state index >= 15 is 0 Å². The summed E-state index contributed by atoms with van der Waals surface area (Å²) < 4.78 is 5.44. The van der Waals surface area contributed by atoms with E-state index in [1.54, 1.807) is 13.4 Å². The normalized spacial score (nSPS) is 10.2. The first-order valence-corrected chi connectivity index (χ1v) is 7.17. The number of aryl methyl sites for hydroxylation is 1. The molecule has 0 saturated carbocycles. The number of nitrogens with zero attached hydrogens (tertiary/aromatic N) is 2. The number of aromatic nitrogens is 2. The lowest BCUT2D eigenvalue weighted by atomic mass is 10.1. The molecule has 1 aromatic heterocycles. The monoisotopic (exact) mass is 286 g/mol. The molecule has 112 valence electrons. The van der Waals surface area contributed by atoms with Gasteiger partial charge < -0.3 is 15.4 Å². The highest BCUT2D eigenvalue weighted by molar-refractivity contribution is 5.63. The Morgan fingerprint density at radius 3 is 2.48 bits per heavy atom. The second-order valence-corrected chi connectivity index (χ2v) is 4.81. The number of nitrogens with one attached hydrogen (secondary N) is 2. The van der Waals surface area contributed by atoms with E-state index in [4.69, 9.17) is 4.74 Å². The number of anilines is 2. The molecule has 0 bridgehead atoms. The van der Waals surface area contributed by atoms with Crippen molar-refractivity contribution in [1.29, 1.82) is 0 Å². The minimum Gasteiger partial charge on any atom is -0.490 e. The Balaban J connectivity index is 2.14. The van der Waals surface area contributed by atoms with Gasteiger partial charge in [0.25, 0.3) is 0 Å². The van der Waals surface area contributed by atoms with E-state index in [-0.39, 0.29) is 0 Å². The van der Waals surface area contributed by atoms with Gasteiger partial charge in [-0.05, 0) is 24.5 Å². The van der Waals surface area contributed by atoms with Gasteiger partial charge >= 0.3 is 0 Å². The van der Waals surface area contributed by atoms with Crippen molar-refractivity contribution in [3.8, 4) is 5.75 Å². The van der Waals surface area contributed by atoms with Gasteiger partial charge in [0.2, 0.25) is 5.75 Å². The average Bonchev–Trinajstić information content (AvgIpc) is 2.52. The van der Waals surface area contributed by atoms with Gasteiger partial charge in [-0.25, -0.2) is 9.97 Å². The molecule has 0 aliphatic carbocycles. The first-order valence-electron chi connectivity index (χ1n) is 7.17. The van der Waals surface area contributed by atoms with Gasteiger partial charge in [-0.1, -0.05) is 31.2 Å². The van der Waals surface area contributed by atoms with Gasteiger partial charge in [0.1, 0.15) is 6.33 Å². The lowest BCUT2D eigenvalue weighted by Gasteiger charge is -2.14. The number of rotatable bonds is 7. The summed E-state index contributed by atoms with van der Waals surface area (Å²) in [6.45, 7) is 5.76. The molecule has 0 radical (unpaired) electrons. The summed E-state index contributed by atoms with van der Waals surface area (Å²) in [4.78, 5) is 8.51. The second-order valence-electron chi connectivity index (χ2n) is 4.81. The Kier molecular flexibility index (Phi) is 5.37. The molecule has 0 saturated heterocycles. The van der Waals surface area contributed by atoms with Gasteiger partial charge in [0, 0.05) is 13.1 Å². The number of methoxy groups -OCH3 is 1. The molecule has 0 aliphatic heterocycles. The van der Waals surface area contributed by atoms with Crippen LogP contribution in [-0.4, -0.2) is 23.6 Å². The van der Waals surface area contributed by atoms with Crippen LogP contribution in [0.4, 0.5) is 11.6 Å². The fourth-order valence-electron chi connectivity index (χ4n) is 2.05. The van der Waals surface area contributed by atoms with Crippen LogP contribution in [0.25, 0.3) is 0 Å². The molecule has 5 nitrogen and oxygen atoms in total. The molecular formula is C16H22N4O. The molecule has 2 aromatic rings. The Hall–Kier alpha value is -2.30. The quantitative estimate of drug-likeness (QED) is 0.818. The van der Waals surface area contributed by atoms with Crippen molar-refractivity contribution < 1.29 is 4.74 Å². The molecule has 2 rings (SSSR count). The predicted molar refractivity (Wildman–Crippen MR) is 85.9 cm³/mol. The Morgan fingerprint density at radius 2 is 1.81 bits per heavy atom. The summed E-state index contributed by atoms with van der Waals surface area (Å²) in [7, 11) is 1.63. The van der Waals surface area contributed by atoms with Gasteiger partial charge in [0.05, 0.1) is 7.11 Å². The van der Waals surface area contributed by atoms with Gasteiger partial charge in [-0.2, -0.15) is 0 Å². The average molecular weight is 286 g/mol. The van der Waals surface area contributed by atoms with E-state index in [0.29, 0.717) is 18.1 Å². The number of ether oxygens (including phenoxy) is 1. The van der Waals surface area contributed by atoms with Gasteiger partial charge in [0.15, 0.2) is 11.6 Å². The Bertz CT molecular complexity index is 586. The summed E-state index contributed by atoms with van der Waals surface area (Å²) in [5, 5.41) is 6.57. The number of hydrogen-bond acceptors (Lipinski definition) is 5. The first-order chi connectivity index (χ1) is 10.3. The Labute approximate surface area is 125 Å². The summed E-state index contributed by atoms with van der Waals surface area (Å²) >= 11 is 0. The SMILES string of the molecule is CCCNc1ncnc(NCc2ccccc2C)c1OC. The molecule has 0 amide bonds. The third-order valence-electron chi connectivity index (χ3n) is 3.26. The van der Waals surface area contributed by atoms with Crippen LogP contribution < -0.4 is 15.4 Å². The van der Waals surface area contributed by atoms with Crippen LogP contribution in [0.15, 0.2) is 30.6 Å². The second kappa shape index (κ2) is 7.47. The lowest BCUT2D eigenvalue weighted by molar-refractivity contribution is 0.414. The van der Waals surface area contributed by atoms with Crippen LogP contribution in [-0.2, 0) is 6.54 Å². The van der Waals surface area contributed by atoms with Gasteiger partial charge in [-0.15, -0.1) is 0 Å². The molecule has 1 aromatic carbocycles. The van der Waals surface area contributed by atoms with Crippen LogP contribution in [0.5, 0.6) is 5.75 Å². The molecular weight excluding hydrogens is 264 g/mol. The van der Waals surface area contributed by atoms with E-state index in [1.165, 1.54) is 11.1 Å². The standard InChI is InChI=1S/C16H22N4O/c1-4-9-17-15-14(21-3)16(20-11-19-15)18-10-13-8-6-5-7-12(13)2/h5-8,11H,4,9-10H2,1-3H3,(H2,17,18,19,20). The van der Waals surface area contributed by atoms with Crippen LogP contribution in [0.2, 0.25) is 0 Å². The summed E-state index contributed by atoms with van der Waals surface area (Å²) in [5.74, 6) is 2.08. The zero-order valence-corrected chi connectivity index (χ0v) is 12.8. The van der Waals surface area contributed by atoms with Crippen molar-refractivity contribution in [2.24, 2.45) is 0 Å². The molecule has 1 heterocycles. The van der Waals surface area contributed by atoms with Crippen molar-refractivity contribution in [2.75, 3.05) is 24.3 Å². The molecule has 0 unspecified atom stereocenters. The topological polar surface area (TPSA) is 59.1 Å². The minimum absolute atomic E-state index is 0.652. The summed E-state index contributed by atoms with van der Waals surface area (Å²) in [5.41, 5.74) is 2.49. The predicted octanol–water partition coefficient (Wildman–Crippen LogP) is 3.23. The van der Waals surface area contributed by atoms with Crippen LogP contribution in [0, 0.1) is 6.92 Å². The maximum absolute atomic E-state index is 5.44. The van der Waals surface area contributed by atoms with Crippen molar-refractivity contribution in [3.63, 3.8) is 0 Å². The van der Waals surface area contributed by atoms with Gasteiger partial charge in [-0.3, -0.25) is 0 Å². The lowest BCUT2D eigenvalue weighted by Crippen LogP contribution is -2.09. The molecule has 5 heteroatoms. The fourth-order valence-corrected chi connectivity index (χ4v) is 2.05. The van der Waals surface area contributed by atoms with Crippen LogP contribution in [0.3, 0.4) is 0 Å². The molecule has 0 atom stereocenters. The highest BCUT2D eigenvalue weighted by Gasteiger charge is 2.11. The zero-order chi connectivity index (χ0) is 15.1. The molecule has 21 heavy (non-hydrogen) atoms. The first kappa shape index (κ1) is 15.1. The summed E-state index contributed by atoms with van der Waals surface area (Å²) in [6.07, 6.45) is 2.57. The third kappa shape index (κ3) is 3.84. The van der Waals surface area contributed by atoms with Crippen molar-refractivity contribution >= 4 is 11.6 Å². The van der Waals surface area contributed by atoms with E-state index < -0.39 is 0 Å². The molecule has 0 spiro atoms. The largest absolute Gasteiger partial charge is 0.490 e. The van der Waals surface area contributed by atoms with Crippen molar-refractivity contribution in [1.82, 2.24) is 9.97 Å². The van der Waals surface area contributed by atoms with Crippen molar-refractivity contribution in [2.45, 2.75) is 26.8 Å². The maximum atomic E-state index is 5.44. The zero-order valence-electron chi connectivity index (χ0n) is 12.8. The van der Waals surface area contributed by atoms with E-state index in [0.717, 1.165) is 18.8 Å². The highest BCUT2D eigenvalue weighted by Crippen LogP contribution is 2.29. The minimum atomic E-state index is 0.652. The van der Waals surface area contributed by atoms with Crippen molar-refractivity contribution in [3.05, 3.63) is 41.7 Å². The van der Waals surface area contributed by atoms with Crippen LogP contribution in [0.1, 0.15) is 24.5 Å². The van der Waals surface area contributed by atoms with E-state index in [2.05, 4.69) is 46.6 Å². The third-order valence-corrected chi connectivity index (χ3v) is 3.26. The maximum Gasteiger partial charge on any atom is 0.204 e. The number of hydrogen-bond donors (Lipinski definition) is 2.